The van der Waals surface area contributed by atoms with Gasteiger partial charge in [-0.15, -0.1) is 0 Å². The molecule has 1 aliphatic carbocycles. The van der Waals surface area contributed by atoms with Crippen molar-refractivity contribution in [2.24, 2.45) is 0 Å². The molecule has 1 fully saturated rings. The van der Waals surface area contributed by atoms with Gasteiger partial charge in [-0.1, -0.05) is 11.6 Å². The van der Waals surface area contributed by atoms with Crippen molar-refractivity contribution in [3.8, 4) is 0 Å². The van der Waals surface area contributed by atoms with Gasteiger partial charge >= 0.3 is 0 Å². The number of pyridine rings is 1. The predicted molar refractivity (Wildman–Crippen MR) is 50.5 cm³/mol. The first-order chi connectivity index (χ1) is 5.84. The Balaban J connectivity index is 2.02. The Morgan fingerprint density at radius 3 is 2.92 bits per heavy atom. The molecule has 3 heteroatoms. The highest BCUT2D eigenvalue weighted by Gasteiger charge is 2.16. The number of nitrogens with zero attached hydrogens (tertiary/aromatic N) is 1. The van der Waals surface area contributed by atoms with E-state index in [1.165, 1.54) is 19.3 Å². The summed E-state index contributed by atoms with van der Waals surface area (Å²) in [4.78, 5) is 3.92. The summed E-state index contributed by atoms with van der Waals surface area (Å²) in [7, 11) is 0. The van der Waals surface area contributed by atoms with Crippen LogP contribution in [0, 0.1) is 0 Å². The molecule has 2 nitrogen and oxygen atoms in total. The normalized spacial score (nSPS) is 17.1. The minimum Gasteiger partial charge on any atom is -0.382 e. The number of aromatic nitrogens is 1. The van der Waals surface area contributed by atoms with Crippen molar-refractivity contribution in [2.45, 2.75) is 25.3 Å². The standard InChI is InChI=1S/C9H11ClN2/c10-9-6-8(4-5-11-9)12-7-2-1-3-7/h4-7H,1-3H2,(H,11,12). The van der Waals surface area contributed by atoms with Crippen LogP contribution in [0.4, 0.5) is 5.69 Å². The van der Waals surface area contributed by atoms with Gasteiger partial charge in [0, 0.05) is 17.9 Å². The van der Waals surface area contributed by atoms with Gasteiger partial charge in [-0.05, 0) is 31.4 Å². The third-order valence-electron chi connectivity index (χ3n) is 2.20. The van der Waals surface area contributed by atoms with E-state index < -0.39 is 0 Å². The molecule has 1 N–H and O–H groups in total. The van der Waals surface area contributed by atoms with Crippen molar-refractivity contribution >= 4 is 17.3 Å². The van der Waals surface area contributed by atoms with Crippen LogP contribution in [0.25, 0.3) is 0 Å². The molecule has 0 atom stereocenters. The van der Waals surface area contributed by atoms with Gasteiger partial charge in [-0.2, -0.15) is 0 Å². The van der Waals surface area contributed by atoms with Crippen LogP contribution in [0.1, 0.15) is 19.3 Å². The zero-order valence-electron chi connectivity index (χ0n) is 6.76. The summed E-state index contributed by atoms with van der Waals surface area (Å²) in [6, 6.07) is 4.47. The molecule has 2 rings (SSSR count). The van der Waals surface area contributed by atoms with Crippen molar-refractivity contribution in [1.82, 2.24) is 4.98 Å². The van der Waals surface area contributed by atoms with Gasteiger partial charge in [-0.25, -0.2) is 4.98 Å². The maximum atomic E-state index is 5.74. The summed E-state index contributed by atoms with van der Waals surface area (Å²) in [6.45, 7) is 0. The molecule has 0 spiro atoms. The predicted octanol–water partition coefficient (Wildman–Crippen LogP) is 2.70. The molecule has 1 aromatic heterocycles. The molecular weight excluding hydrogens is 172 g/mol. The van der Waals surface area contributed by atoms with Crippen LogP contribution < -0.4 is 5.32 Å². The van der Waals surface area contributed by atoms with Crippen LogP contribution >= 0.6 is 11.6 Å². The minimum atomic E-state index is 0.555. The van der Waals surface area contributed by atoms with Crippen molar-refractivity contribution in [1.29, 1.82) is 0 Å². The lowest BCUT2D eigenvalue weighted by Crippen LogP contribution is -2.26. The van der Waals surface area contributed by atoms with Crippen LogP contribution in [0.3, 0.4) is 0 Å². The summed E-state index contributed by atoms with van der Waals surface area (Å²) < 4.78 is 0. The molecule has 1 aromatic rings. The molecule has 1 aliphatic rings. The summed E-state index contributed by atoms with van der Waals surface area (Å²) in [5.41, 5.74) is 1.08. The van der Waals surface area contributed by atoms with Gasteiger partial charge in [0.05, 0.1) is 0 Å². The van der Waals surface area contributed by atoms with Gasteiger partial charge in [0.15, 0.2) is 0 Å². The number of hydrogen-bond acceptors (Lipinski definition) is 2. The topological polar surface area (TPSA) is 24.9 Å². The Morgan fingerprint density at radius 1 is 1.50 bits per heavy atom. The molecule has 0 saturated heterocycles. The first-order valence-electron chi connectivity index (χ1n) is 4.23. The fraction of sp³-hybridized carbons (Fsp3) is 0.444. The molecule has 0 amide bonds. The second-order valence-electron chi connectivity index (χ2n) is 3.14. The number of nitrogens with one attached hydrogen (secondary N) is 1. The molecular formula is C9H11ClN2. The van der Waals surface area contributed by atoms with E-state index in [1.807, 2.05) is 12.1 Å². The number of rotatable bonds is 2. The maximum Gasteiger partial charge on any atom is 0.131 e. The number of anilines is 1. The molecule has 0 bridgehead atoms. The summed E-state index contributed by atoms with van der Waals surface area (Å²) in [6.07, 6.45) is 5.62. The number of hydrogen-bond donors (Lipinski definition) is 1. The summed E-state index contributed by atoms with van der Waals surface area (Å²) in [5, 5.41) is 3.95. The van der Waals surface area contributed by atoms with Gasteiger partial charge in [0.2, 0.25) is 0 Å². The molecule has 0 aliphatic heterocycles. The molecule has 12 heavy (non-hydrogen) atoms. The summed E-state index contributed by atoms with van der Waals surface area (Å²) in [5.74, 6) is 0. The fourth-order valence-corrected chi connectivity index (χ4v) is 1.45. The average Bonchev–Trinajstić information content (AvgIpc) is 1.97. The highest BCUT2D eigenvalue weighted by molar-refractivity contribution is 6.29. The Labute approximate surface area is 77.0 Å². The van der Waals surface area contributed by atoms with Gasteiger partial charge < -0.3 is 5.32 Å². The Hall–Kier alpha value is -0.760. The Bertz CT molecular complexity index is 271. The highest BCUT2D eigenvalue weighted by Crippen LogP contribution is 2.23. The van der Waals surface area contributed by atoms with E-state index in [0.29, 0.717) is 11.2 Å². The van der Waals surface area contributed by atoms with Crippen molar-refractivity contribution in [3.05, 3.63) is 23.5 Å². The first-order valence-corrected chi connectivity index (χ1v) is 4.60. The monoisotopic (exact) mass is 182 g/mol. The van der Waals surface area contributed by atoms with Crippen LogP contribution in [0.2, 0.25) is 5.15 Å². The lowest BCUT2D eigenvalue weighted by atomic mass is 9.93. The first kappa shape index (κ1) is 7.87. The average molecular weight is 183 g/mol. The van der Waals surface area contributed by atoms with Crippen LogP contribution in [0.5, 0.6) is 0 Å². The van der Waals surface area contributed by atoms with E-state index in [0.717, 1.165) is 5.69 Å². The third kappa shape index (κ3) is 1.69. The van der Waals surface area contributed by atoms with E-state index in [9.17, 15) is 0 Å². The second kappa shape index (κ2) is 3.31. The zero-order chi connectivity index (χ0) is 8.39. The SMILES string of the molecule is Clc1cc(NC2CCC2)ccn1. The minimum absolute atomic E-state index is 0.555. The van der Waals surface area contributed by atoms with E-state index in [-0.39, 0.29) is 0 Å². The molecule has 1 heterocycles. The molecule has 0 unspecified atom stereocenters. The molecule has 0 aromatic carbocycles. The Morgan fingerprint density at radius 2 is 2.33 bits per heavy atom. The van der Waals surface area contributed by atoms with Crippen molar-refractivity contribution in [2.75, 3.05) is 5.32 Å². The van der Waals surface area contributed by atoms with Gasteiger partial charge in [0.1, 0.15) is 5.15 Å². The van der Waals surface area contributed by atoms with Crippen molar-refractivity contribution < 1.29 is 0 Å². The van der Waals surface area contributed by atoms with E-state index in [1.54, 1.807) is 6.20 Å². The third-order valence-corrected chi connectivity index (χ3v) is 2.41. The lowest BCUT2D eigenvalue weighted by Gasteiger charge is -2.27. The van der Waals surface area contributed by atoms with Gasteiger partial charge in [-0.3, -0.25) is 0 Å². The smallest absolute Gasteiger partial charge is 0.131 e. The Kier molecular flexibility index (Phi) is 2.17. The fourth-order valence-electron chi connectivity index (χ4n) is 1.28. The van der Waals surface area contributed by atoms with Gasteiger partial charge in [0.25, 0.3) is 0 Å². The number of halogens is 1. The van der Waals surface area contributed by atoms with Crippen LogP contribution in [0.15, 0.2) is 18.3 Å². The molecule has 0 radical (unpaired) electrons. The lowest BCUT2D eigenvalue weighted by molar-refractivity contribution is 0.445. The second-order valence-corrected chi connectivity index (χ2v) is 3.53. The van der Waals surface area contributed by atoms with E-state index >= 15 is 0 Å². The van der Waals surface area contributed by atoms with Crippen LogP contribution in [-0.4, -0.2) is 11.0 Å². The maximum absolute atomic E-state index is 5.74. The van der Waals surface area contributed by atoms with Crippen LogP contribution in [-0.2, 0) is 0 Å². The van der Waals surface area contributed by atoms with E-state index in [2.05, 4.69) is 10.3 Å². The zero-order valence-corrected chi connectivity index (χ0v) is 7.51. The van der Waals surface area contributed by atoms with E-state index in [4.69, 9.17) is 11.6 Å². The highest BCUT2D eigenvalue weighted by atomic mass is 35.5. The largest absolute Gasteiger partial charge is 0.382 e. The molecule has 64 valence electrons. The quantitative estimate of drug-likeness (QED) is 0.712. The molecule has 1 saturated carbocycles. The summed E-state index contributed by atoms with van der Waals surface area (Å²) >= 11 is 5.74. The van der Waals surface area contributed by atoms with Crippen molar-refractivity contribution in [3.63, 3.8) is 0 Å².